The molecule has 1 saturated carbocycles. The summed E-state index contributed by atoms with van der Waals surface area (Å²) in [5, 5.41) is 3.07. The minimum absolute atomic E-state index is 0.0121. The Kier molecular flexibility index (Phi) is 13.3. The minimum Gasteiger partial charge on any atom is -0.370 e. The number of Topliss-reactive ketones (excluding diaryl/α,β-unsaturated/α-hetero) is 1. The van der Waals surface area contributed by atoms with Gasteiger partial charge in [-0.2, -0.15) is 0 Å². The number of nitrogens with zero attached hydrogens (tertiary/aromatic N) is 1. The highest BCUT2D eigenvalue weighted by Gasteiger charge is 2.65. The van der Waals surface area contributed by atoms with E-state index >= 15 is 0 Å². The highest BCUT2D eigenvalue weighted by Crippen LogP contribution is 2.54. The lowest BCUT2D eigenvalue weighted by atomic mass is 9.65. The van der Waals surface area contributed by atoms with Crippen LogP contribution in [-0.4, -0.2) is 68.2 Å². The molecule has 0 spiro atoms. The zero-order chi connectivity index (χ0) is 40.8. The van der Waals surface area contributed by atoms with Gasteiger partial charge < -0.3 is 29.2 Å². The molecule has 0 aromatic heterocycles. The van der Waals surface area contributed by atoms with Gasteiger partial charge in [-0.05, 0) is 99.5 Å². The molecule has 5 atom stereocenters. The van der Waals surface area contributed by atoms with Crippen molar-refractivity contribution in [2.75, 3.05) is 33.8 Å². The van der Waals surface area contributed by atoms with E-state index in [9.17, 15) is 9.59 Å². The molecule has 8 heteroatoms. The molecule has 4 aromatic rings. The Morgan fingerprint density at radius 2 is 1.50 bits per heavy atom. The Hall–Kier alpha value is -4.18. The number of likely N-dealkylation sites (N-methyl/N-ethyl adjacent to an activating group) is 1. The third kappa shape index (κ3) is 9.48. The van der Waals surface area contributed by atoms with Crippen LogP contribution in [0.25, 0.3) is 0 Å². The Morgan fingerprint density at radius 1 is 0.845 bits per heavy atom. The first-order valence-corrected chi connectivity index (χ1v) is 21.3. The van der Waals surface area contributed by atoms with Crippen LogP contribution < -0.4 is 5.32 Å². The Labute approximate surface area is 345 Å². The van der Waals surface area contributed by atoms with Gasteiger partial charge in [0.2, 0.25) is 11.7 Å². The summed E-state index contributed by atoms with van der Waals surface area (Å²) in [6.07, 6.45) is 5.04. The van der Waals surface area contributed by atoms with Crippen LogP contribution in [0.1, 0.15) is 91.3 Å². The quantitative estimate of drug-likeness (QED) is 0.102. The lowest BCUT2D eigenvalue weighted by Gasteiger charge is -2.49. The average Bonchev–Trinajstić information content (AvgIpc) is 3.54. The van der Waals surface area contributed by atoms with Gasteiger partial charge in [0, 0.05) is 37.4 Å². The van der Waals surface area contributed by atoms with Crippen molar-refractivity contribution in [3.05, 3.63) is 142 Å². The normalized spacial score (nSPS) is 24.7. The molecule has 3 fully saturated rings. The van der Waals surface area contributed by atoms with E-state index in [0.717, 1.165) is 61.8 Å². The standard InChI is InChI=1S/C50H62N2O6/c1-36-20-25-43(31-42(36)30-39-23-21-38(22-24-39)18-12-19-44(53)32-49(26-13-27-49)47(54)51-28-29-52(4)5)50-46(56-34-41-16-10-7-11-17-41)45(37(2)48(3,58-50)35-57-50)55-33-40-14-8-6-9-15-40/h6-11,14-17,20-25,31,37,45-46H,12-13,18-19,26-30,32-35H2,1-5H3,(H,51,54)/t37-,45-,46+,48-,50-/m0/s1. The molecule has 3 aliphatic rings. The average molecular weight is 787 g/mol. The van der Waals surface area contributed by atoms with E-state index in [0.29, 0.717) is 39.2 Å². The third-order valence-corrected chi connectivity index (χ3v) is 12.9. The number of carbonyl (C=O) groups is 2. The Balaban J connectivity index is 1.02. The maximum atomic E-state index is 13.1. The summed E-state index contributed by atoms with van der Waals surface area (Å²) < 4.78 is 27.6. The van der Waals surface area contributed by atoms with Crippen molar-refractivity contribution >= 4 is 11.7 Å². The molecule has 0 unspecified atom stereocenters. The zero-order valence-electron chi connectivity index (χ0n) is 35.1. The van der Waals surface area contributed by atoms with Gasteiger partial charge in [-0.3, -0.25) is 9.59 Å². The van der Waals surface area contributed by atoms with E-state index < -0.39 is 22.9 Å². The maximum absolute atomic E-state index is 13.1. The number of aryl methyl sites for hydroxylation is 2. The van der Waals surface area contributed by atoms with Gasteiger partial charge in [-0.25, -0.2) is 0 Å². The summed E-state index contributed by atoms with van der Waals surface area (Å²) in [5.41, 5.74) is 6.89. The van der Waals surface area contributed by atoms with E-state index in [1.807, 2.05) is 55.4 Å². The number of amides is 1. The fourth-order valence-corrected chi connectivity index (χ4v) is 8.86. The largest absolute Gasteiger partial charge is 0.370 e. The fraction of sp³-hybridized carbons (Fsp3) is 0.480. The number of fused-ring (bicyclic) bond motifs is 2. The Bertz CT molecular complexity index is 1980. The van der Waals surface area contributed by atoms with E-state index in [1.54, 1.807) is 0 Å². The first-order valence-electron chi connectivity index (χ1n) is 21.3. The van der Waals surface area contributed by atoms with Crippen LogP contribution in [0.2, 0.25) is 0 Å². The van der Waals surface area contributed by atoms with Gasteiger partial charge in [0.05, 0.1) is 36.9 Å². The summed E-state index contributed by atoms with van der Waals surface area (Å²) in [4.78, 5) is 28.1. The second kappa shape index (κ2) is 18.4. The van der Waals surface area contributed by atoms with Gasteiger partial charge in [0.25, 0.3) is 0 Å². The molecule has 2 saturated heterocycles. The molecule has 0 radical (unpaired) electrons. The first-order chi connectivity index (χ1) is 28.0. The van der Waals surface area contributed by atoms with Gasteiger partial charge >= 0.3 is 0 Å². The van der Waals surface area contributed by atoms with E-state index in [1.165, 1.54) is 22.3 Å². The summed E-state index contributed by atoms with van der Waals surface area (Å²) >= 11 is 0. The monoisotopic (exact) mass is 786 g/mol. The van der Waals surface area contributed by atoms with E-state index in [-0.39, 0.29) is 23.7 Å². The number of ketones is 1. The van der Waals surface area contributed by atoms with E-state index in [4.69, 9.17) is 18.9 Å². The number of hydrogen-bond acceptors (Lipinski definition) is 7. The topological polar surface area (TPSA) is 86.3 Å². The van der Waals surface area contributed by atoms with Crippen LogP contribution in [0.5, 0.6) is 0 Å². The van der Waals surface area contributed by atoms with Gasteiger partial charge in [0.15, 0.2) is 0 Å². The molecule has 8 nitrogen and oxygen atoms in total. The summed E-state index contributed by atoms with van der Waals surface area (Å²) in [7, 11) is 3.98. The number of hydrogen-bond donors (Lipinski definition) is 1. The number of nitrogens with one attached hydrogen (secondary N) is 1. The SMILES string of the molecule is Cc1ccc([C@]23OC[C@](C)(O2)[C@@H](C)[C@H](OCc2ccccc2)[C@H]3OCc2ccccc2)cc1Cc1ccc(CCCC(=O)CC2(C(=O)NCCN(C)C)CCC2)cc1. The number of rotatable bonds is 19. The number of benzene rings is 4. The highest BCUT2D eigenvalue weighted by atomic mass is 16.8. The molecule has 308 valence electrons. The number of ether oxygens (including phenoxy) is 4. The van der Waals surface area contributed by atoms with Crippen LogP contribution in [0.4, 0.5) is 0 Å². The maximum Gasteiger partial charge on any atom is 0.226 e. The van der Waals surface area contributed by atoms with Crippen molar-refractivity contribution in [1.29, 1.82) is 0 Å². The highest BCUT2D eigenvalue weighted by molar-refractivity contribution is 5.90. The number of carbonyl (C=O) groups excluding carboxylic acids is 2. The van der Waals surface area contributed by atoms with E-state index in [2.05, 4.69) is 92.8 Å². The fourth-order valence-electron chi connectivity index (χ4n) is 8.86. The molecule has 58 heavy (non-hydrogen) atoms. The minimum atomic E-state index is -1.14. The van der Waals surface area contributed by atoms with Crippen molar-refractivity contribution in [2.45, 2.75) is 109 Å². The van der Waals surface area contributed by atoms with Gasteiger partial charge in [0.1, 0.15) is 11.9 Å². The zero-order valence-corrected chi connectivity index (χ0v) is 35.1. The second-order valence-electron chi connectivity index (χ2n) is 17.5. The smallest absolute Gasteiger partial charge is 0.226 e. The van der Waals surface area contributed by atoms with Crippen LogP contribution in [0.3, 0.4) is 0 Å². The van der Waals surface area contributed by atoms with Gasteiger partial charge in [-0.1, -0.05) is 110 Å². The van der Waals surface area contributed by atoms with Crippen molar-refractivity contribution < 1.29 is 28.5 Å². The van der Waals surface area contributed by atoms with Crippen molar-refractivity contribution in [3.8, 4) is 0 Å². The lowest BCUT2D eigenvalue weighted by molar-refractivity contribution is -0.330. The molecule has 2 bridgehead atoms. The van der Waals surface area contributed by atoms with Crippen LogP contribution in [0.15, 0.2) is 103 Å². The predicted octanol–water partition coefficient (Wildman–Crippen LogP) is 8.49. The van der Waals surface area contributed by atoms with Crippen LogP contribution in [0, 0.1) is 18.3 Å². The van der Waals surface area contributed by atoms with Gasteiger partial charge in [-0.15, -0.1) is 0 Å². The van der Waals surface area contributed by atoms with Crippen molar-refractivity contribution in [1.82, 2.24) is 10.2 Å². The predicted molar refractivity (Wildman–Crippen MR) is 227 cm³/mol. The van der Waals surface area contributed by atoms with Crippen LogP contribution >= 0.6 is 0 Å². The molecule has 2 aliphatic heterocycles. The molecule has 1 N–H and O–H groups in total. The molecule has 2 heterocycles. The van der Waals surface area contributed by atoms with Crippen LogP contribution in [-0.2, 0) is 60.4 Å². The summed E-state index contributed by atoms with van der Waals surface area (Å²) in [6, 6.07) is 35.8. The summed E-state index contributed by atoms with van der Waals surface area (Å²) in [5.74, 6) is -0.889. The second-order valence-corrected chi connectivity index (χ2v) is 17.5. The van der Waals surface area contributed by atoms with Crippen molar-refractivity contribution in [3.63, 3.8) is 0 Å². The third-order valence-electron chi connectivity index (χ3n) is 12.9. The molecule has 4 aromatic carbocycles. The molecular formula is C50H62N2O6. The molecule has 1 amide bonds. The summed E-state index contributed by atoms with van der Waals surface area (Å²) in [6.45, 7) is 9.20. The molecule has 1 aliphatic carbocycles. The van der Waals surface area contributed by atoms with Crippen molar-refractivity contribution in [2.24, 2.45) is 11.3 Å². The Morgan fingerprint density at radius 3 is 2.14 bits per heavy atom. The first kappa shape index (κ1) is 42.0. The molecule has 7 rings (SSSR count). The molecular weight excluding hydrogens is 725 g/mol. The lowest BCUT2D eigenvalue weighted by Crippen LogP contribution is -2.61.